The summed E-state index contributed by atoms with van der Waals surface area (Å²) in [5, 5.41) is 15.1. The average molecular weight is 615 g/mol. The number of benzene rings is 1. The molecule has 2 saturated carbocycles. The van der Waals surface area contributed by atoms with Gasteiger partial charge in [0.05, 0.1) is 42.1 Å². The monoisotopic (exact) mass is 614 g/mol. The first-order valence-electron chi connectivity index (χ1n) is 16.0. The minimum atomic E-state index is -0.663. The number of aliphatic hydroxyl groups excluding tert-OH is 1. The highest BCUT2D eigenvalue weighted by molar-refractivity contribution is 6.02. The van der Waals surface area contributed by atoms with Crippen molar-refractivity contribution in [2.24, 2.45) is 11.8 Å². The number of alkyl carbamates (subject to hydrolysis) is 1. The molecule has 7 rings (SSSR count). The van der Waals surface area contributed by atoms with Crippen LogP contribution in [0.25, 0.3) is 33.5 Å². The van der Waals surface area contributed by atoms with Gasteiger partial charge >= 0.3 is 6.09 Å². The van der Waals surface area contributed by atoms with E-state index >= 15 is 0 Å². The fourth-order valence-corrected chi connectivity index (χ4v) is 7.23. The van der Waals surface area contributed by atoms with Gasteiger partial charge in [-0.15, -0.1) is 0 Å². The average Bonchev–Trinajstić information content (AvgIpc) is 3.34. The SMILES string of the molecule is COc1cc(C(=O)N2CC3CCC2[C@@H]3NC(=O)OC(C)(C)C)cc2oc(-c3cc4ccc(C(C)O)nc4n3CC3CC3)c(C)c12. The van der Waals surface area contributed by atoms with Crippen LogP contribution >= 0.6 is 0 Å². The standard InChI is InChI=1S/C35H42N4O6/c1-18-29-27(43-6)14-23(33(41)39-17-22-10-12-25(39)30(22)37-34(42)45-35(3,4)5)15-28(29)44-31(18)26-13-21-9-11-24(19(2)40)36-32(21)38(26)16-20-7-8-20/h9,11,13-15,19-20,22,25,30,40H,7-8,10,12,16-17H2,1-6H3,(H,37,42)/t19?,22?,25?,30-/m1/s1. The Labute approximate surface area is 262 Å². The maximum absolute atomic E-state index is 14.0. The highest BCUT2D eigenvalue weighted by atomic mass is 16.6. The molecule has 2 N–H and O–H groups in total. The lowest BCUT2D eigenvalue weighted by molar-refractivity contribution is 0.0485. The van der Waals surface area contributed by atoms with E-state index in [1.165, 1.54) is 12.8 Å². The van der Waals surface area contributed by atoms with Gasteiger partial charge in [0.1, 0.15) is 22.6 Å². The third kappa shape index (κ3) is 5.32. The second-order valence-electron chi connectivity index (χ2n) is 14.1. The van der Waals surface area contributed by atoms with Gasteiger partial charge in [-0.1, -0.05) is 0 Å². The molecular weight excluding hydrogens is 572 g/mol. The van der Waals surface area contributed by atoms with Crippen LogP contribution in [0.4, 0.5) is 4.79 Å². The maximum atomic E-state index is 14.0. The first-order chi connectivity index (χ1) is 21.4. The molecule has 4 atom stereocenters. The van der Waals surface area contributed by atoms with E-state index in [0.29, 0.717) is 40.8 Å². The zero-order valence-corrected chi connectivity index (χ0v) is 26.8. The van der Waals surface area contributed by atoms with Gasteiger partial charge in [-0.25, -0.2) is 9.78 Å². The number of nitrogens with one attached hydrogen (secondary N) is 1. The number of fused-ring (bicyclic) bond motifs is 4. The molecule has 10 nitrogen and oxygen atoms in total. The Balaban J connectivity index is 1.23. The van der Waals surface area contributed by atoms with Crippen LogP contribution in [0, 0.1) is 18.8 Å². The van der Waals surface area contributed by atoms with Crippen molar-refractivity contribution in [3.63, 3.8) is 0 Å². The van der Waals surface area contributed by atoms with Gasteiger partial charge in [-0.2, -0.15) is 0 Å². The lowest BCUT2D eigenvalue weighted by Crippen LogP contribution is -2.46. The number of aromatic nitrogens is 2. The highest BCUT2D eigenvalue weighted by Gasteiger charge is 2.50. The number of pyridine rings is 1. The van der Waals surface area contributed by atoms with Crippen LogP contribution in [0.1, 0.15) is 81.1 Å². The number of carbonyl (C=O) groups excluding carboxylic acids is 2. The number of furan rings is 1. The molecule has 3 aromatic heterocycles. The second-order valence-corrected chi connectivity index (χ2v) is 14.1. The number of likely N-dealkylation sites (tertiary alicyclic amines) is 1. The molecule has 1 aliphatic heterocycles. The number of hydrogen-bond acceptors (Lipinski definition) is 7. The van der Waals surface area contributed by atoms with Crippen LogP contribution in [-0.4, -0.2) is 62.9 Å². The Morgan fingerprint density at radius 2 is 1.93 bits per heavy atom. The summed E-state index contributed by atoms with van der Waals surface area (Å²) >= 11 is 0. The van der Waals surface area contributed by atoms with E-state index in [0.717, 1.165) is 47.1 Å². The number of amides is 2. The zero-order chi connectivity index (χ0) is 31.8. The fraction of sp³-hybridized carbons (Fsp3) is 0.514. The van der Waals surface area contributed by atoms with Crippen molar-refractivity contribution in [2.45, 2.75) is 90.6 Å². The number of rotatable bonds is 7. The Kier molecular flexibility index (Phi) is 7.11. The molecule has 3 unspecified atom stereocenters. The van der Waals surface area contributed by atoms with Gasteiger partial charge in [0.15, 0.2) is 5.76 Å². The molecule has 238 valence electrons. The van der Waals surface area contributed by atoms with Crippen molar-refractivity contribution in [3.05, 3.63) is 47.2 Å². The Morgan fingerprint density at radius 3 is 2.62 bits per heavy atom. The molecule has 3 fully saturated rings. The number of aliphatic hydroxyl groups is 1. The summed E-state index contributed by atoms with van der Waals surface area (Å²) in [4.78, 5) is 33.3. The number of nitrogens with zero attached hydrogens (tertiary/aromatic N) is 3. The Bertz CT molecular complexity index is 1810. The van der Waals surface area contributed by atoms with E-state index in [-0.39, 0.29) is 23.9 Å². The smallest absolute Gasteiger partial charge is 0.407 e. The number of methoxy groups -OCH3 is 1. The molecule has 45 heavy (non-hydrogen) atoms. The van der Waals surface area contributed by atoms with Crippen LogP contribution < -0.4 is 10.1 Å². The van der Waals surface area contributed by atoms with E-state index in [1.54, 1.807) is 20.1 Å². The number of ether oxygens (including phenoxy) is 2. The topological polar surface area (TPSA) is 119 Å². The van der Waals surface area contributed by atoms with Crippen LogP contribution in [0.3, 0.4) is 0 Å². The van der Waals surface area contributed by atoms with Gasteiger partial charge in [-0.05, 0) is 102 Å². The van der Waals surface area contributed by atoms with E-state index in [1.807, 2.05) is 50.8 Å². The van der Waals surface area contributed by atoms with Gasteiger partial charge in [-0.3, -0.25) is 4.79 Å². The second kappa shape index (κ2) is 10.8. The normalized spacial score (nSPS) is 21.9. The van der Waals surface area contributed by atoms with Crippen molar-refractivity contribution < 1.29 is 28.6 Å². The van der Waals surface area contributed by atoms with Crippen molar-refractivity contribution in [1.82, 2.24) is 19.8 Å². The molecule has 2 amide bonds. The van der Waals surface area contributed by atoms with Crippen LogP contribution in [0.5, 0.6) is 5.75 Å². The van der Waals surface area contributed by atoms with E-state index in [4.69, 9.17) is 18.9 Å². The quantitative estimate of drug-likeness (QED) is 0.249. The number of hydrogen-bond donors (Lipinski definition) is 2. The summed E-state index contributed by atoms with van der Waals surface area (Å²) in [6, 6.07) is 9.35. The Morgan fingerprint density at radius 1 is 1.16 bits per heavy atom. The lowest BCUT2D eigenvalue weighted by atomic mass is 10.0. The first-order valence-corrected chi connectivity index (χ1v) is 16.0. The fourth-order valence-electron chi connectivity index (χ4n) is 7.23. The summed E-state index contributed by atoms with van der Waals surface area (Å²) in [5.74, 6) is 1.96. The lowest BCUT2D eigenvalue weighted by Gasteiger charge is -2.28. The molecule has 0 radical (unpaired) electrons. The van der Waals surface area contributed by atoms with Crippen LogP contribution in [0.15, 0.2) is 34.7 Å². The van der Waals surface area contributed by atoms with Gasteiger partial charge < -0.3 is 33.8 Å². The molecule has 1 saturated heterocycles. The molecule has 2 aliphatic carbocycles. The molecule has 1 aromatic carbocycles. The summed E-state index contributed by atoms with van der Waals surface area (Å²) in [7, 11) is 1.61. The predicted molar refractivity (Wildman–Crippen MR) is 170 cm³/mol. The minimum absolute atomic E-state index is 0.0947. The highest BCUT2D eigenvalue weighted by Crippen LogP contribution is 2.44. The van der Waals surface area contributed by atoms with Crippen LogP contribution in [0.2, 0.25) is 0 Å². The first kappa shape index (κ1) is 29.6. The molecule has 2 bridgehead atoms. The molecule has 0 spiro atoms. The van der Waals surface area contributed by atoms with Gasteiger partial charge in [0.25, 0.3) is 5.91 Å². The van der Waals surface area contributed by atoms with Gasteiger partial charge in [0, 0.05) is 29.6 Å². The number of aryl methyl sites for hydroxylation is 1. The molecule has 4 heterocycles. The summed E-state index contributed by atoms with van der Waals surface area (Å²) in [5.41, 5.74) is 3.80. The van der Waals surface area contributed by atoms with Crippen molar-refractivity contribution >= 4 is 34.0 Å². The third-order valence-corrected chi connectivity index (χ3v) is 9.56. The third-order valence-electron chi connectivity index (χ3n) is 9.56. The molecular formula is C35H42N4O6. The summed E-state index contributed by atoms with van der Waals surface area (Å²) in [6.45, 7) is 10.7. The molecule has 10 heteroatoms. The summed E-state index contributed by atoms with van der Waals surface area (Å²) in [6.07, 6.45) is 3.04. The van der Waals surface area contributed by atoms with E-state index in [2.05, 4.69) is 16.0 Å². The minimum Gasteiger partial charge on any atom is -0.496 e. The van der Waals surface area contributed by atoms with Gasteiger partial charge in [0.2, 0.25) is 0 Å². The van der Waals surface area contributed by atoms with Crippen LogP contribution in [-0.2, 0) is 11.3 Å². The maximum Gasteiger partial charge on any atom is 0.407 e. The number of piperidine rings is 1. The van der Waals surface area contributed by atoms with Crippen molar-refractivity contribution in [3.8, 4) is 17.2 Å². The summed E-state index contributed by atoms with van der Waals surface area (Å²) < 4.78 is 20.1. The zero-order valence-electron chi connectivity index (χ0n) is 26.8. The van der Waals surface area contributed by atoms with Crippen molar-refractivity contribution in [1.29, 1.82) is 0 Å². The number of carbonyl (C=O) groups is 2. The largest absolute Gasteiger partial charge is 0.496 e. The van der Waals surface area contributed by atoms with E-state index < -0.39 is 17.8 Å². The van der Waals surface area contributed by atoms with Crippen molar-refractivity contribution in [2.75, 3.05) is 13.7 Å². The van der Waals surface area contributed by atoms with E-state index in [9.17, 15) is 14.7 Å². The Hall–Kier alpha value is -4.05. The predicted octanol–water partition coefficient (Wildman–Crippen LogP) is 6.36. The molecule has 3 aliphatic rings. The molecule has 4 aromatic rings.